The third-order valence-electron chi connectivity index (χ3n) is 4.56. The van der Waals surface area contributed by atoms with E-state index in [1.54, 1.807) is 11.3 Å². The average molecular weight is 306 g/mol. The molecule has 0 aromatic carbocycles. The summed E-state index contributed by atoms with van der Waals surface area (Å²) in [6.07, 6.45) is 1.10. The van der Waals surface area contributed by atoms with E-state index in [9.17, 15) is 4.79 Å². The Morgan fingerprint density at radius 2 is 2.24 bits per heavy atom. The SMILES string of the molecule is Cc1sc2nc(CN3CCC(C)C(N)C3)[nH]c(=O)c2c1C. The van der Waals surface area contributed by atoms with Crippen molar-refractivity contribution in [1.82, 2.24) is 14.9 Å². The summed E-state index contributed by atoms with van der Waals surface area (Å²) in [6.45, 7) is 8.76. The first-order valence-electron chi connectivity index (χ1n) is 7.42. The van der Waals surface area contributed by atoms with E-state index in [1.165, 1.54) is 0 Å². The van der Waals surface area contributed by atoms with Crippen molar-refractivity contribution in [3.8, 4) is 0 Å². The fraction of sp³-hybridized carbons (Fsp3) is 0.600. The molecule has 2 aromatic heterocycles. The Balaban J connectivity index is 1.87. The molecule has 0 aliphatic carbocycles. The number of nitrogens with two attached hydrogens (primary N) is 1. The molecule has 5 nitrogen and oxygen atoms in total. The molecular formula is C15H22N4OS. The normalized spacial score (nSPS) is 23.8. The van der Waals surface area contributed by atoms with Crippen LogP contribution in [0.5, 0.6) is 0 Å². The van der Waals surface area contributed by atoms with Crippen LogP contribution in [0.4, 0.5) is 0 Å². The van der Waals surface area contributed by atoms with Gasteiger partial charge in [0.15, 0.2) is 0 Å². The maximum Gasteiger partial charge on any atom is 0.259 e. The fourth-order valence-corrected chi connectivity index (χ4v) is 3.95. The molecule has 1 saturated heterocycles. The van der Waals surface area contributed by atoms with Gasteiger partial charge in [-0.2, -0.15) is 0 Å². The zero-order chi connectivity index (χ0) is 15.1. The monoisotopic (exact) mass is 306 g/mol. The van der Waals surface area contributed by atoms with E-state index in [0.717, 1.165) is 46.0 Å². The summed E-state index contributed by atoms with van der Waals surface area (Å²) in [5, 5.41) is 0.741. The van der Waals surface area contributed by atoms with Gasteiger partial charge in [0.1, 0.15) is 10.7 Å². The number of aryl methyl sites for hydroxylation is 2. The molecule has 1 fully saturated rings. The maximum atomic E-state index is 12.3. The molecule has 3 N–H and O–H groups in total. The lowest BCUT2D eigenvalue weighted by atomic mass is 9.94. The number of aromatic nitrogens is 2. The molecule has 0 radical (unpaired) electrons. The van der Waals surface area contributed by atoms with E-state index < -0.39 is 0 Å². The van der Waals surface area contributed by atoms with Gasteiger partial charge in [0.05, 0.1) is 11.9 Å². The van der Waals surface area contributed by atoms with Gasteiger partial charge in [-0.3, -0.25) is 9.69 Å². The highest BCUT2D eigenvalue weighted by molar-refractivity contribution is 7.18. The van der Waals surface area contributed by atoms with Gasteiger partial charge in [-0.15, -0.1) is 11.3 Å². The number of rotatable bonds is 2. The number of aromatic amines is 1. The molecule has 2 unspecified atom stereocenters. The molecule has 0 saturated carbocycles. The highest BCUT2D eigenvalue weighted by Gasteiger charge is 2.23. The summed E-state index contributed by atoms with van der Waals surface area (Å²) < 4.78 is 0. The van der Waals surface area contributed by atoms with Crippen LogP contribution >= 0.6 is 11.3 Å². The van der Waals surface area contributed by atoms with Crippen molar-refractivity contribution < 1.29 is 0 Å². The van der Waals surface area contributed by atoms with Gasteiger partial charge in [-0.1, -0.05) is 6.92 Å². The second-order valence-electron chi connectivity index (χ2n) is 6.14. The Labute approximate surface area is 128 Å². The van der Waals surface area contributed by atoms with Crippen molar-refractivity contribution in [2.45, 2.75) is 39.8 Å². The van der Waals surface area contributed by atoms with Gasteiger partial charge in [0.25, 0.3) is 5.56 Å². The Morgan fingerprint density at radius 1 is 1.48 bits per heavy atom. The van der Waals surface area contributed by atoms with E-state index in [1.807, 2.05) is 13.8 Å². The smallest absolute Gasteiger partial charge is 0.259 e. The first-order valence-corrected chi connectivity index (χ1v) is 8.24. The lowest BCUT2D eigenvalue weighted by Crippen LogP contribution is -2.47. The van der Waals surface area contributed by atoms with Gasteiger partial charge >= 0.3 is 0 Å². The van der Waals surface area contributed by atoms with Crippen molar-refractivity contribution in [3.63, 3.8) is 0 Å². The largest absolute Gasteiger partial charge is 0.326 e. The highest BCUT2D eigenvalue weighted by Crippen LogP contribution is 2.26. The predicted octanol–water partition coefficient (Wildman–Crippen LogP) is 1.77. The third-order valence-corrected chi connectivity index (χ3v) is 5.66. The van der Waals surface area contributed by atoms with Gasteiger partial charge in [-0.25, -0.2) is 4.98 Å². The van der Waals surface area contributed by atoms with Crippen LogP contribution in [-0.2, 0) is 6.54 Å². The van der Waals surface area contributed by atoms with E-state index in [4.69, 9.17) is 5.73 Å². The summed E-state index contributed by atoms with van der Waals surface area (Å²) in [4.78, 5) is 24.1. The summed E-state index contributed by atoms with van der Waals surface area (Å²) in [7, 11) is 0. The molecule has 2 atom stereocenters. The van der Waals surface area contributed by atoms with E-state index in [2.05, 4.69) is 21.8 Å². The number of hydrogen-bond acceptors (Lipinski definition) is 5. The Morgan fingerprint density at radius 3 is 2.95 bits per heavy atom. The Bertz CT molecular complexity index is 720. The molecule has 0 bridgehead atoms. The molecule has 3 heterocycles. The first kappa shape index (κ1) is 14.7. The number of piperidine rings is 1. The van der Waals surface area contributed by atoms with E-state index in [-0.39, 0.29) is 11.6 Å². The number of hydrogen-bond donors (Lipinski definition) is 2. The van der Waals surface area contributed by atoms with Gasteiger partial charge in [0.2, 0.25) is 0 Å². The minimum atomic E-state index is -0.0217. The zero-order valence-electron chi connectivity index (χ0n) is 12.8. The van der Waals surface area contributed by atoms with Crippen molar-refractivity contribution in [3.05, 3.63) is 26.6 Å². The standard InChI is InChI=1S/C15H22N4OS/c1-8-4-5-19(6-11(8)16)7-12-17-14(20)13-9(2)10(3)21-15(13)18-12/h8,11H,4-7,16H2,1-3H3,(H,17,18,20). The fourth-order valence-electron chi connectivity index (χ4n) is 2.90. The number of nitrogens with one attached hydrogen (secondary N) is 1. The number of thiophene rings is 1. The highest BCUT2D eigenvalue weighted by atomic mass is 32.1. The van der Waals surface area contributed by atoms with Crippen molar-refractivity contribution in [2.24, 2.45) is 11.7 Å². The molecule has 0 amide bonds. The van der Waals surface area contributed by atoms with E-state index >= 15 is 0 Å². The van der Waals surface area contributed by atoms with Gasteiger partial charge < -0.3 is 10.7 Å². The third kappa shape index (κ3) is 2.75. The maximum absolute atomic E-state index is 12.3. The molecular weight excluding hydrogens is 284 g/mol. The van der Waals surface area contributed by atoms with Gasteiger partial charge in [-0.05, 0) is 38.3 Å². The lowest BCUT2D eigenvalue weighted by molar-refractivity contribution is 0.159. The quantitative estimate of drug-likeness (QED) is 0.887. The molecule has 114 valence electrons. The lowest BCUT2D eigenvalue weighted by Gasteiger charge is -2.34. The van der Waals surface area contributed by atoms with Crippen molar-refractivity contribution >= 4 is 21.6 Å². The van der Waals surface area contributed by atoms with Crippen LogP contribution in [-0.4, -0.2) is 34.0 Å². The van der Waals surface area contributed by atoms with Crippen molar-refractivity contribution in [2.75, 3.05) is 13.1 Å². The summed E-state index contributed by atoms with van der Waals surface area (Å²) in [6, 6.07) is 0.209. The predicted molar refractivity (Wildman–Crippen MR) is 86.7 cm³/mol. The van der Waals surface area contributed by atoms with Crippen LogP contribution in [0.1, 0.15) is 29.6 Å². The minimum Gasteiger partial charge on any atom is -0.326 e. The first-order chi connectivity index (χ1) is 9.95. The van der Waals surface area contributed by atoms with Crippen molar-refractivity contribution in [1.29, 1.82) is 0 Å². The molecule has 6 heteroatoms. The van der Waals surface area contributed by atoms with Crippen LogP contribution in [0.3, 0.4) is 0 Å². The summed E-state index contributed by atoms with van der Waals surface area (Å²) >= 11 is 1.60. The minimum absolute atomic E-state index is 0.0217. The van der Waals surface area contributed by atoms with Crippen LogP contribution in [0.25, 0.3) is 10.2 Å². The van der Waals surface area contributed by atoms with Crippen LogP contribution in [0, 0.1) is 19.8 Å². The number of fused-ring (bicyclic) bond motifs is 1. The Hall–Kier alpha value is -1.24. The zero-order valence-corrected chi connectivity index (χ0v) is 13.6. The summed E-state index contributed by atoms with van der Waals surface area (Å²) in [5.74, 6) is 1.31. The van der Waals surface area contributed by atoms with Crippen LogP contribution in [0.2, 0.25) is 0 Å². The molecule has 21 heavy (non-hydrogen) atoms. The van der Waals surface area contributed by atoms with Gasteiger partial charge in [0, 0.05) is 17.5 Å². The Kier molecular flexibility index (Phi) is 3.86. The van der Waals surface area contributed by atoms with E-state index in [0.29, 0.717) is 12.5 Å². The second-order valence-corrected chi connectivity index (χ2v) is 7.34. The molecule has 2 aromatic rings. The molecule has 3 rings (SSSR count). The second kappa shape index (κ2) is 5.51. The molecule has 1 aliphatic rings. The molecule has 0 spiro atoms. The van der Waals surface area contributed by atoms with Crippen LogP contribution in [0.15, 0.2) is 4.79 Å². The number of likely N-dealkylation sites (tertiary alicyclic amines) is 1. The van der Waals surface area contributed by atoms with Crippen LogP contribution < -0.4 is 11.3 Å². The summed E-state index contributed by atoms with van der Waals surface area (Å²) in [5.41, 5.74) is 7.16. The molecule has 1 aliphatic heterocycles. The average Bonchev–Trinajstić information content (AvgIpc) is 2.70. The number of nitrogens with zero attached hydrogens (tertiary/aromatic N) is 2. The topological polar surface area (TPSA) is 75.0 Å². The number of H-pyrrole nitrogens is 1.